The number of alkyl carbamates (subject to hydrolysis) is 1. The highest BCUT2D eigenvalue weighted by Gasteiger charge is 2.32. The topological polar surface area (TPSA) is 59.9 Å². The van der Waals surface area contributed by atoms with Crippen LogP contribution in [0.5, 0.6) is 0 Å². The lowest BCUT2D eigenvalue weighted by Crippen LogP contribution is -2.44. The molecule has 2 atom stereocenters. The van der Waals surface area contributed by atoms with Crippen LogP contribution in [0, 0.1) is 11.6 Å². The summed E-state index contributed by atoms with van der Waals surface area (Å²) < 4.78 is 32.4. The normalized spacial score (nSPS) is 21.1. The summed E-state index contributed by atoms with van der Waals surface area (Å²) in [6, 6.07) is 2.45. The van der Waals surface area contributed by atoms with Gasteiger partial charge >= 0.3 is 6.09 Å². The Hall–Kier alpha value is -2.18. The van der Waals surface area contributed by atoms with E-state index >= 15 is 0 Å². The molecule has 1 aliphatic heterocycles. The molecule has 1 N–H and O–H groups in total. The summed E-state index contributed by atoms with van der Waals surface area (Å²) in [7, 11) is 0. The fraction of sp³-hybridized carbons (Fsp3) is 0.467. The monoisotopic (exact) mass is 312 g/mol. The molecule has 5 nitrogen and oxygen atoms in total. The fourth-order valence-electron chi connectivity index (χ4n) is 2.06. The van der Waals surface area contributed by atoms with Crippen molar-refractivity contribution in [2.75, 3.05) is 0 Å². The van der Waals surface area contributed by atoms with Crippen LogP contribution in [0.1, 0.15) is 38.9 Å². The molecule has 7 heteroatoms. The predicted molar refractivity (Wildman–Crippen MR) is 76.5 cm³/mol. The van der Waals surface area contributed by atoms with Crippen molar-refractivity contribution in [3.8, 4) is 0 Å². The number of nitrogens with zero attached hydrogens (tertiary/aromatic N) is 1. The SMILES string of the molecule is CC(C)(C)OC(=O)NC1CC=NOC1c1cc(F)ccc1F. The Kier molecular flexibility index (Phi) is 4.63. The molecule has 0 fully saturated rings. The first-order valence-corrected chi connectivity index (χ1v) is 6.88. The van der Waals surface area contributed by atoms with E-state index in [1.165, 1.54) is 6.21 Å². The average Bonchev–Trinajstić information content (AvgIpc) is 2.40. The predicted octanol–water partition coefficient (Wildman–Crippen LogP) is 3.31. The number of oxime groups is 1. The van der Waals surface area contributed by atoms with Crippen LogP contribution in [-0.2, 0) is 9.57 Å². The summed E-state index contributed by atoms with van der Waals surface area (Å²) in [6.07, 6.45) is 0.196. The zero-order valence-corrected chi connectivity index (χ0v) is 12.6. The highest BCUT2D eigenvalue weighted by molar-refractivity contribution is 5.69. The molecule has 0 aromatic heterocycles. The van der Waals surface area contributed by atoms with Crippen molar-refractivity contribution >= 4 is 12.3 Å². The van der Waals surface area contributed by atoms with Crippen molar-refractivity contribution in [3.63, 3.8) is 0 Å². The van der Waals surface area contributed by atoms with Crippen LogP contribution in [0.15, 0.2) is 23.4 Å². The Bertz CT molecular complexity index is 585. The first-order valence-electron chi connectivity index (χ1n) is 6.88. The minimum Gasteiger partial charge on any atom is -0.444 e. The molecule has 0 bridgehead atoms. The van der Waals surface area contributed by atoms with Crippen molar-refractivity contribution in [1.82, 2.24) is 5.32 Å². The maximum atomic E-state index is 13.9. The third-order valence-electron chi connectivity index (χ3n) is 2.94. The minimum absolute atomic E-state index is 0.00194. The second-order valence-electron chi connectivity index (χ2n) is 5.97. The van der Waals surface area contributed by atoms with E-state index in [0.717, 1.165) is 18.2 Å². The van der Waals surface area contributed by atoms with Gasteiger partial charge in [-0.05, 0) is 39.0 Å². The molecule has 1 aromatic carbocycles. The molecule has 1 amide bonds. The standard InChI is InChI=1S/C15H18F2N2O3/c1-15(2,3)21-14(20)19-12-6-7-18-22-13(12)10-8-9(16)4-5-11(10)17/h4-5,7-8,12-13H,6H2,1-3H3,(H,19,20). The Labute approximate surface area is 127 Å². The molecule has 0 aliphatic carbocycles. The fourth-order valence-corrected chi connectivity index (χ4v) is 2.06. The number of carbonyl (C=O) groups is 1. The van der Waals surface area contributed by atoms with Crippen molar-refractivity contribution in [3.05, 3.63) is 35.4 Å². The molecule has 0 saturated heterocycles. The smallest absolute Gasteiger partial charge is 0.408 e. The number of benzene rings is 1. The van der Waals surface area contributed by atoms with E-state index in [-0.39, 0.29) is 5.56 Å². The molecule has 0 radical (unpaired) electrons. The Balaban J connectivity index is 2.17. The summed E-state index contributed by atoms with van der Waals surface area (Å²) in [5, 5.41) is 6.24. The van der Waals surface area contributed by atoms with E-state index in [0.29, 0.717) is 6.42 Å². The molecule has 2 unspecified atom stereocenters. The van der Waals surface area contributed by atoms with Gasteiger partial charge < -0.3 is 14.9 Å². The molecular weight excluding hydrogens is 294 g/mol. The number of hydrogen-bond acceptors (Lipinski definition) is 4. The lowest BCUT2D eigenvalue weighted by Gasteiger charge is -2.29. The van der Waals surface area contributed by atoms with Crippen LogP contribution in [0.3, 0.4) is 0 Å². The third-order valence-corrected chi connectivity index (χ3v) is 2.94. The lowest BCUT2D eigenvalue weighted by molar-refractivity contribution is 0.00798. The van der Waals surface area contributed by atoms with Gasteiger partial charge in [-0.25, -0.2) is 13.6 Å². The summed E-state index contributed by atoms with van der Waals surface area (Å²) >= 11 is 0. The van der Waals surface area contributed by atoms with Crippen LogP contribution < -0.4 is 5.32 Å². The first kappa shape index (κ1) is 16.2. The van der Waals surface area contributed by atoms with Crippen LogP contribution >= 0.6 is 0 Å². The van der Waals surface area contributed by atoms with Gasteiger partial charge in [0.1, 0.15) is 17.2 Å². The zero-order chi connectivity index (χ0) is 16.3. The Morgan fingerprint density at radius 3 is 2.82 bits per heavy atom. The number of rotatable bonds is 2. The van der Waals surface area contributed by atoms with Gasteiger partial charge in [-0.3, -0.25) is 0 Å². The summed E-state index contributed by atoms with van der Waals surface area (Å²) in [5.74, 6) is -1.22. The van der Waals surface area contributed by atoms with Crippen LogP contribution in [0.25, 0.3) is 0 Å². The summed E-state index contributed by atoms with van der Waals surface area (Å²) in [4.78, 5) is 17.0. The average molecular weight is 312 g/mol. The van der Waals surface area contributed by atoms with E-state index in [9.17, 15) is 13.6 Å². The number of ether oxygens (including phenoxy) is 1. The first-order chi connectivity index (χ1) is 10.3. The third kappa shape index (κ3) is 4.16. The second-order valence-corrected chi connectivity index (χ2v) is 5.97. The molecule has 0 saturated carbocycles. The van der Waals surface area contributed by atoms with Gasteiger partial charge in [0.25, 0.3) is 0 Å². The van der Waals surface area contributed by atoms with Crippen molar-refractivity contribution in [2.24, 2.45) is 5.16 Å². The molecule has 1 aliphatic rings. The maximum absolute atomic E-state index is 13.9. The number of halogens is 2. The molecule has 1 aromatic rings. The van der Waals surface area contributed by atoms with Gasteiger partial charge in [0.05, 0.1) is 6.04 Å². The van der Waals surface area contributed by atoms with Gasteiger partial charge in [0.2, 0.25) is 0 Å². The summed E-state index contributed by atoms with van der Waals surface area (Å²) in [5.41, 5.74) is -0.661. The second kappa shape index (κ2) is 6.29. The molecule has 2 rings (SSSR count). The van der Waals surface area contributed by atoms with Crippen LogP contribution in [0.2, 0.25) is 0 Å². The van der Waals surface area contributed by atoms with Gasteiger partial charge in [-0.1, -0.05) is 5.16 Å². The van der Waals surface area contributed by atoms with E-state index in [1.54, 1.807) is 20.8 Å². The van der Waals surface area contributed by atoms with E-state index < -0.39 is 35.5 Å². The number of carbonyl (C=O) groups excluding carboxylic acids is 1. The number of hydrogen-bond donors (Lipinski definition) is 1. The van der Waals surface area contributed by atoms with Crippen LogP contribution in [-0.4, -0.2) is 24.0 Å². The van der Waals surface area contributed by atoms with Crippen LogP contribution in [0.4, 0.5) is 13.6 Å². The number of amides is 1. The van der Waals surface area contributed by atoms with E-state index in [1.807, 2.05) is 0 Å². The molecule has 120 valence electrons. The molecular formula is C15H18F2N2O3. The summed E-state index contributed by atoms with van der Waals surface area (Å²) in [6.45, 7) is 5.19. The quantitative estimate of drug-likeness (QED) is 0.911. The van der Waals surface area contributed by atoms with Gasteiger partial charge in [-0.15, -0.1) is 0 Å². The van der Waals surface area contributed by atoms with Crippen molar-refractivity contribution < 1.29 is 23.1 Å². The minimum atomic E-state index is -0.923. The zero-order valence-electron chi connectivity index (χ0n) is 12.6. The van der Waals surface area contributed by atoms with Crippen molar-refractivity contribution in [2.45, 2.75) is 44.9 Å². The lowest BCUT2D eigenvalue weighted by atomic mass is 9.99. The molecule has 1 heterocycles. The van der Waals surface area contributed by atoms with Gasteiger partial charge in [0.15, 0.2) is 6.10 Å². The van der Waals surface area contributed by atoms with Crippen molar-refractivity contribution in [1.29, 1.82) is 0 Å². The Morgan fingerprint density at radius 1 is 1.41 bits per heavy atom. The highest BCUT2D eigenvalue weighted by atomic mass is 19.1. The van der Waals surface area contributed by atoms with E-state index in [2.05, 4.69) is 10.5 Å². The van der Waals surface area contributed by atoms with Gasteiger partial charge in [-0.2, -0.15) is 0 Å². The highest BCUT2D eigenvalue weighted by Crippen LogP contribution is 2.29. The largest absolute Gasteiger partial charge is 0.444 e. The molecule has 0 spiro atoms. The van der Waals surface area contributed by atoms with Gasteiger partial charge in [0, 0.05) is 18.2 Å². The molecule has 22 heavy (non-hydrogen) atoms. The van der Waals surface area contributed by atoms with E-state index in [4.69, 9.17) is 9.57 Å². The maximum Gasteiger partial charge on any atom is 0.408 e. The number of nitrogens with one attached hydrogen (secondary N) is 1. The Morgan fingerprint density at radius 2 is 2.14 bits per heavy atom.